The van der Waals surface area contributed by atoms with E-state index in [1.165, 1.54) is 0 Å². The van der Waals surface area contributed by atoms with Crippen LogP contribution in [0.15, 0.2) is 24.3 Å². The third-order valence-electron chi connectivity index (χ3n) is 0.911. The molecule has 0 fully saturated rings. The Morgan fingerprint density at radius 2 is 1.73 bits per heavy atom. The Morgan fingerprint density at radius 3 is 2.00 bits per heavy atom. The van der Waals surface area contributed by atoms with Crippen LogP contribution in [-0.4, -0.2) is 24.3 Å². The number of rotatable bonds is 0. The molecule has 4 nitrogen and oxygen atoms in total. The van der Waals surface area contributed by atoms with E-state index in [-0.39, 0.29) is 16.4 Å². The van der Waals surface area contributed by atoms with Crippen LogP contribution in [-0.2, 0) is 0 Å². The molecule has 6 N–H and O–H groups in total. The van der Waals surface area contributed by atoms with Gasteiger partial charge in [-0.25, -0.2) is 0 Å². The molecule has 0 spiro atoms. The van der Waals surface area contributed by atoms with Gasteiger partial charge < -0.3 is 16.4 Å². The zero-order valence-electron chi connectivity index (χ0n) is 5.86. The zero-order valence-corrected chi connectivity index (χ0v) is 5.86. The van der Waals surface area contributed by atoms with Crippen molar-refractivity contribution < 1.29 is 16.4 Å². The zero-order chi connectivity index (χ0) is 5.98. The molecule has 0 radical (unpaired) electrons. The monoisotopic (exact) mass is 155 g/mol. The molecule has 1 aromatic carbocycles. The first kappa shape index (κ1) is 16.5. The van der Waals surface area contributed by atoms with E-state index in [1.807, 2.05) is 6.07 Å². The Morgan fingerprint density at radius 1 is 1.18 bits per heavy atom. The topological polar surface area (TPSA) is 118 Å². The second kappa shape index (κ2) is 7.08. The van der Waals surface area contributed by atoms with Crippen LogP contribution >= 0.6 is 0 Å². The van der Waals surface area contributed by atoms with Crippen molar-refractivity contribution >= 4 is 19.0 Å². The van der Waals surface area contributed by atoms with E-state index in [4.69, 9.17) is 13.6 Å². The van der Waals surface area contributed by atoms with E-state index >= 15 is 0 Å². The largest absolute Gasteiger partial charge is 0.870 e. The summed E-state index contributed by atoms with van der Waals surface area (Å²) in [6.07, 6.45) is 0. The van der Waals surface area contributed by atoms with Gasteiger partial charge in [0.05, 0.1) is 0 Å². The molecular weight excluding hydrogens is 145 g/mol. The SMILES string of the molecule is O.[B+2]c1cccc(N)c1.[OH-].[OH-]. The van der Waals surface area contributed by atoms with Gasteiger partial charge in [-0.15, -0.1) is 0 Å². The molecule has 0 atom stereocenters. The van der Waals surface area contributed by atoms with Crippen molar-refractivity contribution in [1.82, 2.24) is 0 Å². The predicted molar refractivity (Wildman–Crippen MR) is 43.7 cm³/mol. The Labute approximate surface area is 66.4 Å². The second-order valence-electron chi connectivity index (χ2n) is 1.67. The number of nitrogens with two attached hydrogens (primary N) is 1. The fraction of sp³-hybridized carbons (Fsp3) is 0. The summed E-state index contributed by atoms with van der Waals surface area (Å²) in [5.41, 5.74) is 6.80. The van der Waals surface area contributed by atoms with Crippen LogP contribution in [0.4, 0.5) is 5.69 Å². The Bertz CT molecular complexity index is 178. The number of benzene rings is 1. The van der Waals surface area contributed by atoms with Crippen molar-refractivity contribution in [3.05, 3.63) is 24.3 Å². The number of nitrogen functional groups attached to an aromatic ring is 1. The molecule has 0 aliphatic carbocycles. The Hall–Kier alpha value is -1.04. The van der Waals surface area contributed by atoms with Gasteiger partial charge in [-0.05, 0) is 0 Å². The maximum atomic E-state index is 5.38. The molecule has 0 saturated heterocycles. The molecule has 11 heavy (non-hydrogen) atoms. The second-order valence-corrected chi connectivity index (χ2v) is 1.67. The fourth-order valence-corrected chi connectivity index (χ4v) is 0.559. The normalized spacial score (nSPS) is 6.73. The van der Waals surface area contributed by atoms with E-state index in [2.05, 4.69) is 0 Å². The summed E-state index contributed by atoms with van der Waals surface area (Å²) >= 11 is 0. The number of hydrogen-bond acceptors (Lipinski definition) is 3. The molecule has 0 saturated carbocycles. The molecule has 0 unspecified atom stereocenters. The number of anilines is 1. The third-order valence-corrected chi connectivity index (χ3v) is 0.911. The van der Waals surface area contributed by atoms with Crippen molar-refractivity contribution in [2.24, 2.45) is 0 Å². The van der Waals surface area contributed by atoms with Crippen LogP contribution in [0, 0.1) is 0 Å². The maximum Gasteiger partial charge on any atom is -0.870 e. The van der Waals surface area contributed by atoms with Gasteiger partial charge in [0.25, 0.3) is 0 Å². The van der Waals surface area contributed by atoms with E-state index < -0.39 is 0 Å². The van der Waals surface area contributed by atoms with Gasteiger partial charge >= 0.3 is 49.0 Å². The maximum absolute atomic E-state index is 5.38. The molecule has 5 heteroatoms. The van der Waals surface area contributed by atoms with Crippen molar-refractivity contribution in [2.75, 3.05) is 5.73 Å². The Balaban J connectivity index is -0.000000213. The summed E-state index contributed by atoms with van der Waals surface area (Å²) in [4.78, 5) is 0. The number of hydrogen-bond donors (Lipinski definition) is 1. The molecule has 0 amide bonds. The van der Waals surface area contributed by atoms with Gasteiger partial charge in [-0.2, -0.15) is 0 Å². The van der Waals surface area contributed by atoms with Gasteiger partial charge in [0.1, 0.15) is 0 Å². The van der Waals surface area contributed by atoms with E-state index in [0.717, 1.165) is 0 Å². The summed E-state index contributed by atoms with van der Waals surface area (Å²) in [5.74, 6) is 0. The van der Waals surface area contributed by atoms with E-state index in [1.54, 1.807) is 18.2 Å². The summed E-state index contributed by atoms with van der Waals surface area (Å²) in [7, 11) is 5.38. The van der Waals surface area contributed by atoms with E-state index in [0.29, 0.717) is 11.2 Å². The fourth-order valence-electron chi connectivity index (χ4n) is 0.559. The van der Waals surface area contributed by atoms with Gasteiger partial charge in [-0.1, -0.05) is 0 Å². The quantitative estimate of drug-likeness (QED) is 0.377. The summed E-state index contributed by atoms with van der Waals surface area (Å²) in [6.45, 7) is 0. The van der Waals surface area contributed by atoms with Crippen LogP contribution in [0.2, 0.25) is 0 Å². The Kier molecular flexibility index (Phi) is 10.6. The first-order valence-electron chi connectivity index (χ1n) is 2.40. The van der Waals surface area contributed by atoms with Gasteiger partial charge in [0.2, 0.25) is 0 Å². The van der Waals surface area contributed by atoms with Crippen LogP contribution in [0.25, 0.3) is 0 Å². The molecule has 0 bridgehead atoms. The average Bonchev–Trinajstić information content (AvgIpc) is 1.64. The first-order chi connectivity index (χ1) is 3.79. The molecule has 0 heterocycles. The van der Waals surface area contributed by atoms with Crippen molar-refractivity contribution in [2.45, 2.75) is 0 Å². The summed E-state index contributed by atoms with van der Waals surface area (Å²) < 4.78 is 0. The molecular formula is C6H10BNO3. The van der Waals surface area contributed by atoms with Crippen LogP contribution in [0.1, 0.15) is 0 Å². The molecule has 0 aliphatic heterocycles. The van der Waals surface area contributed by atoms with Gasteiger partial charge in [0, 0.05) is 0 Å². The van der Waals surface area contributed by atoms with Crippen molar-refractivity contribution in [1.29, 1.82) is 0 Å². The summed E-state index contributed by atoms with van der Waals surface area (Å²) in [6, 6.07) is 7.15. The van der Waals surface area contributed by atoms with Crippen LogP contribution < -0.4 is 11.2 Å². The minimum Gasteiger partial charge on any atom is -0.870 e. The molecule has 1 aromatic rings. The predicted octanol–water partition coefficient (Wildman–Crippen LogP) is -1.12. The standard InChI is InChI=1S/C6H6BN.3H2O/c7-5-2-1-3-6(8)4-5;;;/h1-4H,8H2;3*1H2/q+2;;;/p-2. The molecule has 1 rings (SSSR count). The minimum atomic E-state index is 0. The van der Waals surface area contributed by atoms with Crippen LogP contribution in [0.3, 0.4) is 0 Å². The third kappa shape index (κ3) is 5.41. The van der Waals surface area contributed by atoms with Crippen molar-refractivity contribution in [3.8, 4) is 0 Å². The first-order valence-corrected chi connectivity index (χ1v) is 2.40. The average molecular weight is 155 g/mol. The summed E-state index contributed by atoms with van der Waals surface area (Å²) in [5, 5.41) is 0. The molecule has 0 aromatic heterocycles. The van der Waals surface area contributed by atoms with Gasteiger partial charge in [-0.3, -0.25) is 0 Å². The van der Waals surface area contributed by atoms with Crippen LogP contribution in [0.5, 0.6) is 0 Å². The van der Waals surface area contributed by atoms with Crippen molar-refractivity contribution in [3.63, 3.8) is 0 Å². The van der Waals surface area contributed by atoms with E-state index in [9.17, 15) is 0 Å². The minimum absolute atomic E-state index is 0. The van der Waals surface area contributed by atoms with Gasteiger partial charge in [0.15, 0.2) is 0 Å². The molecule has 0 aliphatic rings. The smallest absolute Gasteiger partial charge is 0.870 e. The molecule has 60 valence electrons.